The van der Waals surface area contributed by atoms with Gasteiger partial charge in [0.05, 0.1) is 19.7 Å². The summed E-state index contributed by atoms with van der Waals surface area (Å²) >= 11 is 0. The highest BCUT2D eigenvalue weighted by Gasteiger charge is 2.08. The number of unbranched alkanes of at least 4 members (excludes halogenated alkanes) is 13. The molecule has 5 nitrogen and oxygen atoms in total. The molecule has 30 heavy (non-hydrogen) atoms. The van der Waals surface area contributed by atoms with Crippen LogP contribution in [0.2, 0.25) is 0 Å². The zero-order chi connectivity index (χ0) is 22.7. The van der Waals surface area contributed by atoms with Gasteiger partial charge in [-0.1, -0.05) is 108 Å². The number of aromatic carboxylic acids is 1. The minimum Gasteiger partial charge on any atom is -0.872 e. The monoisotopic (exact) mass is 423 g/mol. The molecule has 0 radical (unpaired) electrons. The topological polar surface area (TPSA) is 80.6 Å². The van der Waals surface area contributed by atoms with Crippen molar-refractivity contribution in [3.8, 4) is 5.75 Å². The minimum atomic E-state index is -1.18. The lowest BCUT2D eigenvalue weighted by Gasteiger charge is -2.18. The lowest BCUT2D eigenvalue weighted by atomic mass is 10.0. The van der Waals surface area contributed by atoms with Crippen molar-refractivity contribution in [2.24, 2.45) is 0 Å². The average Bonchev–Trinajstić information content (AvgIpc) is 2.68. The summed E-state index contributed by atoms with van der Waals surface area (Å²) in [5.41, 5.74) is -0.178. The minimum absolute atomic E-state index is 0.123. The van der Waals surface area contributed by atoms with E-state index in [1.54, 1.807) is 0 Å². The predicted octanol–water partition coefficient (Wildman–Crippen LogP) is 6.39. The summed E-state index contributed by atoms with van der Waals surface area (Å²) < 4.78 is 0.123. The fourth-order valence-electron chi connectivity index (χ4n) is 3.34. The standard InChI is InChI=1S/C18H40NO.C7H6O3/c1-4-5-6-7-8-9-10-11-12-13-14-15-16-17-18-19(2,3)20;8-6-4-2-1-3-5(6)7(9)10/h20H,4-18H2,1-3H3;1-4,8H,(H,9,10)/q+1;/p-1. The molecular weight excluding hydrogens is 378 g/mol. The second kappa shape index (κ2) is 18.2. The molecule has 1 aromatic rings. The van der Waals surface area contributed by atoms with Gasteiger partial charge in [-0.25, -0.2) is 10.0 Å². The van der Waals surface area contributed by atoms with Crippen molar-refractivity contribution in [2.75, 3.05) is 20.6 Å². The Morgan fingerprint density at radius 1 is 0.800 bits per heavy atom. The van der Waals surface area contributed by atoms with Gasteiger partial charge in [-0.05, 0) is 18.9 Å². The molecule has 0 fully saturated rings. The molecule has 174 valence electrons. The van der Waals surface area contributed by atoms with Crippen LogP contribution in [0, 0.1) is 0 Å². The SMILES string of the molecule is CCCCCCCCCCCCCCCC[N+](C)(C)O.O=C(O)c1ccccc1[O-]. The van der Waals surface area contributed by atoms with Crippen LogP contribution < -0.4 is 5.11 Å². The lowest BCUT2D eigenvalue weighted by molar-refractivity contribution is -1.07. The van der Waals surface area contributed by atoms with Gasteiger partial charge in [0.15, 0.2) is 0 Å². The highest BCUT2D eigenvalue weighted by molar-refractivity contribution is 5.90. The number of benzene rings is 1. The van der Waals surface area contributed by atoms with Crippen LogP contribution >= 0.6 is 0 Å². The molecule has 0 amide bonds. The summed E-state index contributed by atoms with van der Waals surface area (Å²) in [6.07, 6.45) is 19.5. The smallest absolute Gasteiger partial charge is 0.335 e. The number of carbonyl (C=O) groups is 1. The third-order valence-corrected chi connectivity index (χ3v) is 5.18. The first-order valence-electron chi connectivity index (χ1n) is 11.8. The van der Waals surface area contributed by atoms with Crippen LogP contribution in [-0.2, 0) is 0 Å². The average molecular weight is 424 g/mol. The molecule has 0 saturated carbocycles. The zero-order valence-corrected chi connectivity index (χ0v) is 19.6. The first kappa shape index (κ1) is 28.4. The molecule has 0 saturated heterocycles. The van der Waals surface area contributed by atoms with Gasteiger partial charge < -0.3 is 10.2 Å². The normalized spacial score (nSPS) is 11.1. The van der Waals surface area contributed by atoms with Gasteiger partial charge in [-0.2, -0.15) is 4.65 Å². The van der Waals surface area contributed by atoms with Crippen molar-refractivity contribution in [1.82, 2.24) is 0 Å². The number of quaternary nitrogens is 1. The molecule has 5 heteroatoms. The second-order valence-corrected chi connectivity index (χ2v) is 8.74. The van der Waals surface area contributed by atoms with Gasteiger partial charge in [0.2, 0.25) is 0 Å². The zero-order valence-electron chi connectivity index (χ0n) is 19.6. The number of hydroxylamine groups is 3. The largest absolute Gasteiger partial charge is 0.872 e. The van der Waals surface area contributed by atoms with Gasteiger partial charge in [0.25, 0.3) is 0 Å². The third kappa shape index (κ3) is 18.4. The van der Waals surface area contributed by atoms with E-state index in [0.29, 0.717) is 0 Å². The Labute approximate surface area is 184 Å². The van der Waals surface area contributed by atoms with Crippen LogP contribution in [-0.4, -0.2) is 41.6 Å². The Bertz CT molecular complexity index is 540. The lowest BCUT2D eigenvalue weighted by Crippen LogP contribution is -2.36. The summed E-state index contributed by atoms with van der Waals surface area (Å²) in [5.74, 6) is -1.62. The Morgan fingerprint density at radius 2 is 1.20 bits per heavy atom. The first-order valence-corrected chi connectivity index (χ1v) is 11.8. The predicted molar refractivity (Wildman–Crippen MR) is 122 cm³/mol. The van der Waals surface area contributed by atoms with Gasteiger partial charge >= 0.3 is 5.97 Å². The summed E-state index contributed by atoms with van der Waals surface area (Å²) in [6.45, 7) is 3.17. The highest BCUT2D eigenvalue weighted by atomic mass is 16.5. The van der Waals surface area contributed by atoms with Crippen molar-refractivity contribution in [1.29, 1.82) is 0 Å². The van der Waals surface area contributed by atoms with Crippen LogP contribution in [0.25, 0.3) is 0 Å². The van der Waals surface area contributed by atoms with Gasteiger partial charge in [0.1, 0.15) is 6.54 Å². The van der Waals surface area contributed by atoms with E-state index < -0.39 is 11.7 Å². The van der Waals surface area contributed by atoms with Crippen molar-refractivity contribution in [3.05, 3.63) is 29.8 Å². The fourth-order valence-corrected chi connectivity index (χ4v) is 3.34. The Morgan fingerprint density at radius 3 is 1.53 bits per heavy atom. The van der Waals surface area contributed by atoms with Crippen molar-refractivity contribution in [2.45, 2.75) is 96.8 Å². The highest BCUT2D eigenvalue weighted by Crippen LogP contribution is 2.13. The maximum Gasteiger partial charge on any atom is 0.335 e. The van der Waals surface area contributed by atoms with E-state index in [1.165, 1.54) is 108 Å². The Balaban J connectivity index is 0.000000696. The number of rotatable bonds is 16. The van der Waals surface area contributed by atoms with E-state index >= 15 is 0 Å². The molecule has 0 spiro atoms. The van der Waals surface area contributed by atoms with E-state index in [-0.39, 0.29) is 10.2 Å². The molecule has 0 unspecified atom stereocenters. The quantitative estimate of drug-likeness (QED) is 0.183. The molecular formula is C25H45NO4. The Hall–Kier alpha value is -1.59. The van der Waals surface area contributed by atoms with Gasteiger partial charge in [-0.3, -0.25) is 0 Å². The maximum atomic E-state index is 10.7. The van der Waals surface area contributed by atoms with Gasteiger partial charge in [-0.15, -0.1) is 0 Å². The van der Waals surface area contributed by atoms with Crippen LogP contribution in [0.4, 0.5) is 0 Å². The summed E-state index contributed by atoms with van der Waals surface area (Å²) in [7, 11) is 3.70. The van der Waals surface area contributed by atoms with E-state index in [0.717, 1.165) is 13.0 Å². The van der Waals surface area contributed by atoms with Crippen molar-refractivity contribution in [3.63, 3.8) is 0 Å². The number of carboxylic acids is 1. The van der Waals surface area contributed by atoms with Crippen molar-refractivity contribution >= 4 is 5.97 Å². The number of carboxylic acid groups (broad SMARTS) is 1. The molecule has 0 aliphatic rings. The van der Waals surface area contributed by atoms with E-state index in [4.69, 9.17) is 5.11 Å². The van der Waals surface area contributed by atoms with Crippen molar-refractivity contribution < 1.29 is 24.9 Å². The molecule has 0 aromatic heterocycles. The van der Waals surface area contributed by atoms with E-state index in [9.17, 15) is 15.1 Å². The van der Waals surface area contributed by atoms with Crippen LogP contribution in [0.5, 0.6) is 5.75 Å². The fraction of sp³-hybridized carbons (Fsp3) is 0.720. The number of hydrogen-bond donors (Lipinski definition) is 2. The maximum absolute atomic E-state index is 10.7. The van der Waals surface area contributed by atoms with Crippen LogP contribution in [0.15, 0.2) is 24.3 Å². The molecule has 0 aliphatic heterocycles. The first-order chi connectivity index (χ1) is 14.3. The van der Waals surface area contributed by atoms with Gasteiger partial charge in [0, 0.05) is 0 Å². The number of nitrogens with zero attached hydrogens (tertiary/aromatic N) is 1. The number of para-hydroxylation sites is 1. The van der Waals surface area contributed by atoms with E-state index in [1.807, 2.05) is 14.1 Å². The molecule has 2 N–H and O–H groups in total. The molecule has 1 aromatic carbocycles. The molecule has 0 heterocycles. The summed E-state index contributed by atoms with van der Waals surface area (Å²) in [4.78, 5) is 10.2. The molecule has 0 aliphatic carbocycles. The second-order valence-electron chi connectivity index (χ2n) is 8.74. The summed E-state index contributed by atoms with van der Waals surface area (Å²) in [6, 6.07) is 5.54. The van der Waals surface area contributed by atoms with Crippen LogP contribution in [0.3, 0.4) is 0 Å². The molecule has 1 rings (SSSR count). The Kier molecular flexibility index (Phi) is 17.2. The molecule has 0 atom stereocenters. The number of hydrogen-bond acceptors (Lipinski definition) is 3. The molecule has 0 bridgehead atoms. The third-order valence-electron chi connectivity index (χ3n) is 5.18. The van der Waals surface area contributed by atoms with Crippen LogP contribution in [0.1, 0.15) is 107 Å². The van der Waals surface area contributed by atoms with E-state index in [2.05, 4.69) is 6.92 Å². The summed E-state index contributed by atoms with van der Waals surface area (Å²) in [5, 5.41) is 28.6.